The zero-order valence-electron chi connectivity index (χ0n) is 20.1. The summed E-state index contributed by atoms with van der Waals surface area (Å²) < 4.78 is 13.0. The Labute approximate surface area is 202 Å². The van der Waals surface area contributed by atoms with E-state index in [0.29, 0.717) is 32.0 Å². The summed E-state index contributed by atoms with van der Waals surface area (Å²) in [5.74, 6) is 0.369. The van der Waals surface area contributed by atoms with Crippen molar-refractivity contribution in [2.75, 3.05) is 13.7 Å². The highest BCUT2D eigenvalue weighted by Gasteiger charge is 2.13. The fraction of sp³-hybridized carbons (Fsp3) is 0.296. The van der Waals surface area contributed by atoms with E-state index in [-0.39, 0.29) is 24.5 Å². The molecule has 0 spiro atoms. The van der Waals surface area contributed by atoms with E-state index >= 15 is 0 Å². The van der Waals surface area contributed by atoms with Gasteiger partial charge in [-0.15, -0.1) is 11.3 Å². The van der Waals surface area contributed by atoms with Crippen LogP contribution in [0.4, 0.5) is 0 Å². The molecule has 0 radical (unpaired) electrons. The number of carbonyl (C=O) groups excluding carboxylic acids is 2. The van der Waals surface area contributed by atoms with Crippen LogP contribution in [0.25, 0.3) is 12.2 Å². The van der Waals surface area contributed by atoms with Crippen LogP contribution in [-0.4, -0.2) is 30.0 Å². The Morgan fingerprint density at radius 1 is 1.12 bits per heavy atom. The number of esters is 1. The predicted octanol–water partition coefficient (Wildman–Crippen LogP) is 3.47. The lowest BCUT2D eigenvalue weighted by Gasteiger charge is -2.10. The molecule has 0 aliphatic rings. The average molecular weight is 480 g/mol. The molecule has 7 heteroatoms. The third-order valence-corrected chi connectivity index (χ3v) is 6.44. The minimum absolute atomic E-state index is 0.0845. The van der Waals surface area contributed by atoms with Crippen LogP contribution in [0.3, 0.4) is 0 Å². The number of ketones is 1. The third-order valence-electron chi connectivity index (χ3n) is 5.38. The van der Waals surface area contributed by atoms with Gasteiger partial charge in [-0.1, -0.05) is 38.1 Å². The van der Waals surface area contributed by atoms with E-state index in [9.17, 15) is 14.4 Å². The molecule has 34 heavy (non-hydrogen) atoms. The van der Waals surface area contributed by atoms with Gasteiger partial charge in [0.05, 0.1) is 30.9 Å². The van der Waals surface area contributed by atoms with Gasteiger partial charge in [-0.25, -0.2) is 4.79 Å². The molecule has 2 aromatic carbocycles. The lowest BCUT2D eigenvalue weighted by molar-refractivity contribution is -0.135. The maximum atomic E-state index is 13.4. The number of benzene rings is 2. The van der Waals surface area contributed by atoms with Crippen LogP contribution in [0.15, 0.2) is 47.3 Å². The van der Waals surface area contributed by atoms with E-state index in [1.807, 2.05) is 30.3 Å². The molecular weight excluding hydrogens is 450 g/mol. The van der Waals surface area contributed by atoms with Crippen LogP contribution in [0.2, 0.25) is 0 Å². The van der Waals surface area contributed by atoms with Gasteiger partial charge in [0.15, 0.2) is 5.78 Å². The number of hydrogen-bond acceptors (Lipinski definition) is 6. The second-order valence-corrected chi connectivity index (χ2v) is 9.20. The molecule has 0 fully saturated rings. The number of aromatic nitrogens is 1. The van der Waals surface area contributed by atoms with Crippen molar-refractivity contribution < 1.29 is 19.1 Å². The number of hydrogen-bond donors (Lipinski definition) is 0. The second-order valence-electron chi connectivity index (χ2n) is 8.14. The molecule has 0 aliphatic carbocycles. The minimum Gasteiger partial charge on any atom is -0.496 e. The van der Waals surface area contributed by atoms with Gasteiger partial charge >= 0.3 is 5.97 Å². The van der Waals surface area contributed by atoms with Crippen molar-refractivity contribution in [3.63, 3.8) is 0 Å². The Hall–Kier alpha value is -3.45. The van der Waals surface area contributed by atoms with E-state index in [2.05, 4.69) is 13.8 Å². The number of carbonyl (C=O) groups is 2. The first-order chi connectivity index (χ1) is 16.2. The molecule has 0 amide bonds. The molecule has 6 nitrogen and oxygen atoms in total. The summed E-state index contributed by atoms with van der Waals surface area (Å²) >= 11 is 1.22. The number of rotatable bonds is 8. The Morgan fingerprint density at radius 2 is 1.82 bits per heavy atom. The van der Waals surface area contributed by atoms with Gasteiger partial charge in [0.25, 0.3) is 5.56 Å². The molecule has 0 unspecified atom stereocenters. The van der Waals surface area contributed by atoms with Crippen molar-refractivity contribution in [1.29, 1.82) is 0 Å². The quantitative estimate of drug-likeness (QED) is 0.365. The van der Waals surface area contributed by atoms with E-state index in [0.717, 1.165) is 5.56 Å². The molecule has 0 saturated heterocycles. The maximum absolute atomic E-state index is 13.4. The molecule has 0 saturated carbocycles. The van der Waals surface area contributed by atoms with E-state index < -0.39 is 5.97 Å². The number of methoxy groups -OCH3 is 1. The molecule has 0 atom stereocenters. The van der Waals surface area contributed by atoms with Crippen LogP contribution in [0, 0.1) is 0 Å². The van der Waals surface area contributed by atoms with Gasteiger partial charge in [-0.2, -0.15) is 0 Å². The highest BCUT2D eigenvalue weighted by atomic mass is 32.1. The van der Waals surface area contributed by atoms with Crippen molar-refractivity contribution in [3.8, 4) is 5.75 Å². The van der Waals surface area contributed by atoms with Crippen molar-refractivity contribution in [3.05, 3.63) is 84.3 Å². The van der Waals surface area contributed by atoms with Crippen molar-refractivity contribution >= 4 is 35.2 Å². The van der Waals surface area contributed by atoms with Crippen molar-refractivity contribution in [2.45, 2.75) is 40.2 Å². The summed E-state index contributed by atoms with van der Waals surface area (Å²) in [6, 6.07) is 13.2. The molecule has 0 bridgehead atoms. The third kappa shape index (κ3) is 5.91. The van der Waals surface area contributed by atoms with Crippen LogP contribution in [0.5, 0.6) is 5.75 Å². The monoisotopic (exact) mass is 479 g/mol. The van der Waals surface area contributed by atoms with Gasteiger partial charge in [0, 0.05) is 11.1 Å². The lowest BCUT2D eigenvalue weighted by atomic mass is 10.0. The maximum Gasteiger partial charge on any atom is 0.333 e. The first-order valence-electron chi connectivity index (χ1n) is 11.1. The second kappa shape index (κ2) is 11.1. The van der Waals surface area contributed by atoms with Gasteiger partial charge < -0.3 is 9.47 Å². The molecule has 3 rings (SSSR count). The molecule has 0 N–H and O–H groups in total. The van der Waals surface area contributed by atoms with Gasteiger partial charge in [0.1, 0.15) is 10.4 Å². The molecule has 178 valence electrons. The fourth-order valence-corrected chi connectivity index (χ4v) is 4.53. The highest BCUT2D eigenvalue weighted by Crippen LogP contribution is 2.21. The van der Waals surface area contributed by atoms with Crippen molar-refractivity contribution in [2.24, 2.45) is 0 Å². The van der Waals surface area contributed by atoms with E-state index in [1.54, 1.807) is 25.1 Å². The normalized spacial score (nSPS) is 12.3. The number of Topliss-reactive ketones (excluding diaryl/α,β-unsaturated/α-hetero) is 1. The average Bonchev–Trinajstić information content (AvgIpc) is 3.08. The van der Waals surface area contributed by atoms with Crippen LogP contribution >= 0.6 is 11.3 Å². The number of thiazole rings is 1. The van der Waals surface area contributed by atoms with E-state index in [1.165, 1.54) is 41.6 Å². The topological polar surface area (TPSA) is 74.6 Å². The summed E-state index contributed by atoms with van der Waals surface area (Å²) in [7, 11) is 1.54. The summed E-state index contributed by atoms with van der Waals surface area (Å²) in [4.78, 5) is 37.5. The Kier molecular flexibility index (Phi) is 8.23. The molecule has 1 heterocycles. The zero-order valence-corrected chi connectivity index (χ0v) is 20.9. The van der Waals surface area contributed by atoms with Crippen LogP contribution in [-0.2, 0) is 16.1 Å². The first kappa shape index (κ1) is 25.2. The summed E-state index contributed by atoms with van der Waals surface area (Å²) in [6.45, 7) is 7.85. The zero-order chi connectivity index (χ0) is 24.8. The molecule has 3 aromatic rings. The minimum atomic E-state index is -0.519. The highest BCUT2D eigenvalue weighted by molar-refractivity contribution is 7.07. The standard InChI is InChI=1S/C27H29NO5S/c1-6-33-26(30)15-25-28(16-22-14-21(18(4)29)11-12-23(22)32-5)27(31)24(34-25)13-19-7-9-20(10-8-19)17(2)3/h7-15,17H,6,16H2,1-5H3/b24-13-,25-15-. The Bertz CT molecular complexity index is 1360. The summed E-state index contributed by atoms with van der Waals surface area (Å²) in [5.41, 5.74) is 3.07. The smallest absolute Gasteiger partial charge is 0.333 e. The lowest BCUT2D eigenvalue weighted by Crippen LogP contribution is -2.32. The number of nitrogens with zero attached hydrogens (tertiary/aromatic N) is 1. The van der Waals surface area contributed by atoms with Crippen LogP contribution < -0.4 is 19.5 Å². The SMILES string of the molecule is CCOC(=O)/C=c1\s/c(=C\c2ccc(C(C)C)cc2)c(=O)n1Cc1cc(C(C)=O)ccc1OC. The molecule has 1 aromatic heterocycles. The van der Waals surface area contributed by atoms with Gasteiger partial charge in [-0.3, -0.25) is 14.2 Å². The first-order valence-corrected chi connectivity index (χ1v) is 11.9. The fourth-order valence-electron chi connectivity index (χ4n) is 3.50. The Morgan fingerprint density at radius 3 is 2.41 bits per heavy atom. The predicted molar refractivity (Wildman–Crippen MR) is 135 cm³/mol. The molecular formula is C27H29NO5S. The van der Waals surface area contributed by atoms with Crippen molar-refractivity contribution in [1.82, 2.24) is 4.57 Å². The summed E-state index contributed by atoms with van der Waals surface area (Å²) in [5, 5.41) is 0. The Balaban J connectivity index is 2.16. The molecule has 0 aliphatic heterocycles. The van der Waals surface area contributed by atoms with Gasteiger partial charge in [0.2, 0.25) is 0 Å². The van der Waals surface area contributed by atoms with Gasteiger partial charge in [-0.05, 0) is 55.2 Å². The number of ether oxygens (including phenoxy) is 2. The van der Waals surface area contributed by atoms with Crippen LogP contribution in [0.1, 0.15) is 60.7 Å². The largest absolute Gasteiger partial charge is 0.496 e. The summed E-state index contributed by atoms with van der Waals surface area (Å²) in [6.07, 6.45) is 3.15. The van der Waals surface area contributed by atoms with E-state index in [4.69, 9.17) is 9.47 Å².